The van der Waals surface area contributed by atoms with Gasteiger partial charge in [-0.2, -0.15) is 5.10 Å². The normalized spacial score (nSPS) is 11.1. The number of imidazole rings is 1. The number of aryl methyl sites for hydroxylation is 3. The molecule has 0 saturated carbocycles. The Hall–Kier alpha value is -2.63. The number of carbonyl (C=O) groups is 1. The summed E-state index contributed by atoms with van der Waals surface area (Å²) in [6.07, 6.45) is 3.61. The molecule has 0 spiro atoms. The van der Waals surface area contributed by atoms with Gasteiger partial charge in [-0.05, 0) is 25.1 Å². The van der Waals surface area contributed by atoms with Gasteiger partial charge in [-0.1, -0.05) is 6.07 Å². The van der Waals surface area contributed by atoms with Crippen LogP contribution in [0, 0.1) is 6.92 Å². The third kappa shape index (κ3) is 2.05. The topological polar surface area (TPSA) is 72.9 Å². The Labute approximate surface area is 115 Å². The van der Waals surface area contributed by atoms with Crippen molar-refractivity contribution in [2.24, 2.45) is 0 Å². The molecule has 0 saturated heterocycles. The van der Waals surface area contributed by atoms with E-state index < -0.39 is 5.97 Å². The van der Waals surface area contributed by atoms with Gasteiger partial charge in [-0.3, -0.25) is 4.68 Å². The Kier molecular flexibility index (Phi) is 2.98. The number of hydrogen-bond acceptors (Lipinski definition) is 3. The van der Waals surface area contributed by atoms with Crippen LogP contribution >= 0.6 is 0 Å². The quantitative estimate of drug-likeness (QED) is 0.786. The van der Waals surface area contributed by atoms with E-state index in [1.54, 1.807) is 18.3 Å². The first-order valence-corrected chi connectivity index (χ1v) is 6.33. The maximum absolute atomic E-state index is 11.4. The van der Waals surface area contributed by atoms with Crippen LogP contribution < -0.4 is 0 Å². The predicted octanol–water partition coefficient (Wildman–Crippen LogP) is 1.94. The summed E-state index contributed by atoms with van der Waals surface area (Å²) in [4.78, 5) is 15.8. The molecule has 102 valence electrons. The van der Waals surface area contributed by atoms with E-state index in [-0.39, 0.29) is 5.56 Å². The third-order valence-electron chi connectivity index (χ3n) is 3.30. The van der Waals surface area contributed by atoms with Gasteiger partial charge in [0.25, 0.3) is 0 Å². The molecule has 1 N–H and O–H groups in total. The van der Waals surface area contributed by atoms with E-state index in [1.807, 2.05) is 34.5 Å². The lowest BCUT2D eigenvalue weighted by Gasteiger charge is -2.08. The highest BCUT2D eigenvalue weighted by molar-refractivity contribution is 6.01. The lowest BCUT2D eigenvalue weighted by molar-refractivity contribution is 0.0698. The zero-order valence-corrected chi connectivity index (χ0v) is 11.0. The molecule has 1 aromatic carbocycles. The number of carboxylic acid groups (broad SMARTS) is 1. The Bertz CT molecular complexity index is 759. The standard InChI is InChI=1S/C14H14N4O2/c1-10-16-12-5-2-4-11(14(19)20)13(12)18(10)9-8-17-7-3-6-15-17/h2-7H,8-9H2,1H3,(H,19,20). The molecule has 3 rings (SSSR count). The lowest BCUT2D eigenvalue weighted by Crippen LogP contribution is -2.11. The van der Waals surface area contributed by atoms with E-state index in [4.69, 9.17) is 0 Å². The van der Waals surface area contributed by atoms with Gasteiger partial charge in [0.2, 0.25) is 0 Å². The highest BCUT2D eigenvalue weighted by Gasteiger charge is 2.15. The van der Waals surface area contributed by atoms with Gasteiger partial charge in [-0.25, -0.2) is 9.78 Å². The van der Waals surface area contributed by atoms with Gasteiger partial charge in [-0.15, -0.1) is 0 Å². The maximum Gasteiger partial charge on any atom is 0.337 e. The van der Waals surface area contributed by atoms with E-state index >= 15 is 0 Å². The monoisotopic (exact) mass is 270 g/mol. The fourth-order valence-corrected chi connectivity index (χ4v) is 2.38. The molecule has 2 aromatic heterocycles. The average Bonchev–Trinajstić information content (AvgIpc) is 3.02. The SMILES string of the molecule is Cc1nc2cccc(C(=O)O)c2n1CCn1cccn1. The van der Waals surface area contributed by atoms with Gasteiger partial charge in [0.15, 0.2) is 0 Å². The number of benzene rings is 1. The number of aromatic nitrogens is 4. The summed E-state index contributed by atoms with van der Waals surface area (Å²) in [5.74, 6) is -0.128. The highest BCUT2D eigenvalue weighted by atomic mass is 16.4. The van der Waals surface area contributed by atoms with Crippen LogP contribution in [0.15, 0.2) is 36.7 Å². The summed E-state index contributed by atoms with van der Waals surface area (Å²) in [7, 11) is 0. The minimum atomic E-state index is -0.934. The van der Waals surface area contributed by atoms with Crippen molar-refractivity contribution in [1.82, 2.24) is 19.3 Å². The number of aromatic carboxylic acids is 1. The van der Waals surface area contributed by atoms with Crippen LogP contribution in [0.3, 0.4) is 0 Å². The van der Waals surface area contributed by atoms with Crippen molar-refractivity contribution >= 4 is 17.0 Å². The summed E-state index contributed by atoms with van der Waals surface area (Å²) in [6, 6.07) is 7.02. The van der Waals surface area contributed by atoms with Gasteiger partial charge in [0.05, 0.1) is 23.1 Å². The first kappa shape index (κ1) is 12.4. The average molecular weight is 270 g/mol. The summed E-state index contributed by atoms with van der Waals surface area (Å²) >= 11 is 0. The van der Waals surface area contributed by atoms with Crippen molar-refractivity contribution in [2.45, 2.75) is 20.0 Å². The molecular weight excluding hydrogens is 256 g/mol. The van der Waals surface area contributed by atoms with Crippen molar-refractivity contribution in [3.63, 3.8) is 0 Å². The highest BCUT2D eigenvalue weighted by Crippen LogP contribution is 2.20. The number of nitrogens with zero attached hydrogens (tertiary/aromatic N) is 4. The second-order valence-electron chi connectivity index (χ2n) is 4.56. The van der Waals surface area contributed by atoms with Crippen LogP contribution in [0.1, 0.15) is 16.2 Å². The number of carboxylic acids is 1. The molecule has 0 aliphatic heterocycles. The molecule has 3 aromatic rings. The summed E-state index contributed by atoms with van der Waals surface area (Å²) in [5.41, 5.74) is 1.66. The molecule has 0 atom stereocenters. The fourth-order valence-electron chi connectivity index (χ4n) is 2.38. The van der Waals surface area contributed by atoms with Gasteiger partial charge >= 0.3 is 5.97 Å². The second kappa shape index (κ2) is 4.80. The van der Waals surface area contributed by atoms with Crippen molar-refractivity contribution in [3.05, 3.63) is 48.0 Å². The molecular formula is C14H14N4O2. The second-order valence-corrected chi connectivity index (χ2v) is 4.56. The third-order valence-corrected chi connectivity index (χ3v) is 3.30. The Morgan fingerprint density at radius 1 is 1.30 bits per heavy atom. The van der Waals surface area contributed by atoms with Crippen LogP contribution in [0.25, 0.3) is 11.0 Å². The van der Waals surface area contributed by atoms with Crippen molar-refractivity contribution in [2.75, 3.05) is 0 Å². The van der Waals surface area contributed by atoms with Crippen LogP contribution in [0.4, 0.5) is 0 Å². The molecule has 0 bridgehead atoms. The summed E-state index contributed by atoms with van der Waals surface area (Å²) in [5, 5.41) is 13.5. The molecule has 6 nitrogen and oxygen atoms in total. The molecule has 0 aliphatic carbocycles. The Balaban J connectivity index is 2.04. The largest absolute Gasteiger partial charge is 0.478 e. The number of para-hydroxylation sites is 1. The minimum Gasteiger partial charge on any atom is -0.478 e. The fraction of sp³-hybridized carbons (Fsp3) is 0.214. The molecule has 0 aliphatic rings. The predicted molar refractivity (Wildman–Crippen MR) is 73.7 cm³/mol. The molecule has 0 amide bonds. The number of rotatable bonds is 4. The van der Waals surface area contributed by atoms with E-state index in [0.717, 1.165) is 5.82 Å². The zero-order chi connectivity index (χ0) is 14.1. The van der Waals surface area contributed by atoms with Crippen LogP contribution in [-0.4, -0.2) is 30.4 Å². The summed E-state index contributed by atoms with van der Waals surface area (Å²) < 4.78 is 3.75. The van der Waals surface area contributed by atoms with E-state index in [2.05, 4.69) is 10.1 Å². The molecule has 6 heteroatoms. The van der Waals surface area contributed by atoms with Crippen molar-refractivity contribution < 1.29 is 9.90 Å². The molecule has 20 heavy (non-hydrogen) atoms. The van der Waals surface area contributed by atoms with Crippen molar-refractivity contribution in [3.8, 4) is 0 Å². The van der Waals surface area contributed by atoms with E-state index in [9.17, 15) is 9.90 Å². The molecule has 0 radical (unpaired) electrons. The smallest absolute Gasteiger partial charge is 0.337 e. The zero-order valence-electron chi connectivity index (χ0n) is 11.0. The molecule has 0 fully saturated rings. The van der Waals surface area contributed by atoms with E-state index in [1.165, 1.54) is 0 Å². The van der Waals surface area contributed by atoms with Gasteiger partial charge in [0.1, 0.15) is 5.82 Å². The van der Waals surface area contributed by atoms with Gasteiger partial charge in [0, 0.05) is 18.9 Å². The van der Waals surface area contributed by atoms with Crippen LogP contribution in [0.2, 0.25) is 0 Å². The first-order valence-electron chi connectivity index (χ1n) is 6.33. The lowest BCUT2D eigenvalue weighted by atomic mass is 10.2. The van der Waals surface area contributed by atoms with E-state index in [0.29, 0.717) is 24.1 Å². The Morgan fingerprint density at radius 3 is 2.85 bits per heavy atom. The number of fused-ring (bicyclic) bond motifs is 1. The Morgan fingerprint density at radius 2 is 2.15 bits per heavy atom. The van der Waals surface area contributed by atoms with Crippen molar-refractivity contribution in [1.29, 1.82) is 0 Å². The maximum atomic E-state index is 11.4. The summed E-state index contributed by atoms with van der Waals surface area (Å²) in [6.45, 7) is 3.19. The molecule has 2 heterocycles. The molecule has 0 unspecified atom stereocenters. The van der Waals surface area contributed by atoms with Crippen LogP contribution in [-0.2, 0) is 13.1 Å². The van der Waals surface area contributed by atoms with Gasteiger partial charge < -0.3 is 9.67 Å². The van der Waals surface area contributed by atoms with Crippen LogP contribution in [0.5, 0.6) is 0 Å². The minimum absolute atomic E-state index is 0.281. The number of hydrogen-bond donors (Lipinski definition) is 1. The first-order chi connectivity index (χ1) is 9.66.